The maximum Gasteiger partial charge on any atom is 0.219 e. The second kappa shape index (κ2) is 7.24. The zero-order valence-corrected chi connectivity index (χ0v) is 16.3. The molecule has 6 heteroatoms. The number of hydrogen-bond acceptors (Lipinski definition) is 4. The summed E-state index contributed by atoms with van der Waals surface area (Å²) < 4.78 is 5.35. The lowest BCUT2D eigenvalue weighted by Gasteiger charge is -2.50. The molecular weight excluding hydrogens is 340 g/mol. The highest BCUT2D eigenvalue weighted by molar-refractivity contribution is 5.99. The van der Waals surface area contributed by atoms with Crippen molar-refractivity contribution < 1.29 is 9.53 Å². The average molecular weight is 370 g/mol. The Labute approximate surface area is 161 Å². The monoisotopic (exact) mass is 370 g/mol. The zero-order valence-electron chi connectivity index (χ0n) is 16.3. The van der Waals surface area contributed by atoms with Gasteiger partial charge >= 0.3 is 0 Å². The van der Waals surface area contributed by atoms with Crippen LogP contribution in [0, 0.1) is 11.3 Å². The molecule has 2 N–H and O–H groups in total. The third kappa shape index (κ3) is 3.48. The second-order valence-corrected chi connectivity index (χ2v) is 8.33. The zero-order chi connectivity index (χ0) is 19.0. The largest absolute Gasteiger partial charge is 0.378 e. The van der Waals surface area contributed by atoms with Crippen molar-refractivity contribution in [3.8, 4) is 0 Å². The van der Waals surface area contributed by atoms with Gasteiger partial charge in [0.05, 0.1) is 25.2 Å². The number of fused-ring (bicyclic) bond motifs is 1. The fraction of sp³-hybridized carbons (Fsp3) is 0.619. The SMILES string of the molecule is CC(=O)N1CCC(C)(NC2COC2)C(C(=N)N2CCCc3ccccc32)C1. The molecule has 4 rings (SSSR count). The van der Waals surface area contributed by atoms with Crippen LogP contribution in [0.3, 0.4) is 0 Å². The standard InChI is InChI=1S/C21H30N4O2/c1-15(26)24-11-9-21(2,23-17-13-27-14-17)18(12-24)20(22)25-10-5-7-16-6-3-4-8-19(16)25/h3-4,6,8,17-18,22-23H,5,7,9-14H2,1-2H3. The number of rotatable bonds is 3. The highest BCUT2D eigenvalue weighted by Gasteiger charge is 2.46. The minimum Gasteiger partial charge on any atom is -0.378 e. The topological polar surface area (TPSA) is 68.7 Å². The van der Waals surface area contributed by atoms with Crippen LogP contribution in [-0.2, 0) is 16.0 Å². The minimum absolute atomic E-state index is 0.0399. The van der Waals surface area contributed by atoms with E-state index in [1.54, 1.807) is 6.92 Å². The van der Waals surface area contributed by atoms with Crippen molar-refractivity contribution in [1.29, 1.82) is 5.41 Å². The van der Waals surface area contributed by atoms with E-state index < -0.39 is 0 Å². The summed E-state index contributed by atoms with van der Waals surface area (Å²) >= 11 is 0. The van der Waals surface area contributed by atoms with Crippen LogP contribution in [0.2, 0.25) is 0 Å². The molecule has 1 aromatic rings. The molecule has 3 aliphatic rings. The molecule has 2 fully saturated rings. The average Bonchev–Trinajstić information content (AvgIpc) is 2.64. The summed E-state index contributed by atoms with van der Waals surface area (Å²) in [5.41, 5.74) is 2.27. The first-order chi connectivity index (χ1) is 13.0. The molecule has 27 heavy (non-hydrogen) atoms. The van der Waals surface area contributed by atoms with Crippen molar-refractivity contribution in [2.75, 3.05) is 37.7 Å². The molecule has 2 atom stereocenters. The van der Waals surface area contributed by atoms with Gasteiger partial charge in [-0.25, -0.2) is 0 Å². The number of nitrogens with zero attached hydrogens (tertiary/aromatic N) is 2. The van der Waals surface area contributed by atoms with Gasteiger partial charge in [0.1, 0.15) is 5.84 Å². The van der Waals surface area contributed by atoms with Crippen molar-refractivity contribution in [2.24, 2.45) is 5.92 Å². The van der Waals surface area contributed by atoms with E-state index in [1.807, 2.05) is 4.90 Å². The first-order valence-electron chi connectivity index (χ1n) is 10.0. The first-order valence-corrected chi connectivity index (χ1v) is 10.0. The minimum atomic E-state index is -0.204. The van der Waals surface area contributed by atoms with E-state index in [1.165, 1.54) is 5.56 Å². The predicted octanol–water partition coefficient (Wildman–Crippen LogP) is 2.03. The molecule has 0 saturated carbocycles. The highest BCUT2D eigenvalue weighted by atomic mass is 16.5. The smallest absolute Gasteiger partial charge is 0.219 e. The molecule has 2 unspecified atom stereocenters. The summed E-state index contributed by atoms with van der Waals surface area (Å²) in [5, 5.41) is 12.9. The summed E-state index contributed by atoms with van der Waals surface area (Å²) in [5.74, 6) is 0.686. The van der Waals surface area contributed by atoms with Crippen molar-refractivity contribution in [2.45, 2.75) is 44.7 Å². The lowest BCUT2D eigenvalue weighted by molar-refractivity contribution is -0.131. The van der Waals surface area contributed by atoms with Crippen molar-refractivity contribution in [1.82, 2.24) is 10.2 Å². The fourth-order valence-corrected chi connectivity index (χ4v) is 4.66. The van der Waals surface area contributed by atoms with E-state index in [9.17, 15) is 4.79 Å². The lowest BCUT2D eigenvalue weighted by atomic mass is 9.76. The molecule has 0 spiro atoms. The third-order valence-electron chi connectivity index (χ3n) is 6.42. The highest BCUT2D eigenvalue weighted by Crippen LogP contribution is 2.35. The van der Waals surface area contributed by atoms with Gasteiger partial charge in [-0.3, -0.25) is 10.2 Å². The van der Waals surface area contributed by atoms with Gasteiger partial charge in [-0.05, 0) is 37.8 Å². The Morgan fingerprint density at radius 3 is 2.78 bits per heavy atom. The maximum atomic E-state index is 12.0. The van der Waals surface area contributed by atoms with Gasteiger partial charge in [-0.2, -0.15) is 0 Å². The second-order valence-electron chi connectivity index (χ2n) is 8.33. The number of carbonyl (C=O) groups is 1. The Morgan fingerprint density at radius 1 is 1.30 bits per heavy atom. The van der Waals surface area contributed by atoms with E-state index in [-0.39, 0.29) is 17.4 Å². The van der Waals surface area contributed by atoms with Crippen LogP contribution in [0.4, 0.5) is 5.69 Å². The van der Waals surface area contributed by atoms with E-state index in [4.69, 9.17) is 10.1 Å². The van der Waals surface area contributed by atoms with Crippen LogP contribution in [-0.4, -0.2) is 61.1 Å². The Bertz CT molecular complexity index is 733. The Morgan fingerprint density at radius 2 is 2.07 bits per heavy atom. The molecule has 1 aromatic carbocycles. The maximum absolute atomic E-state index is 12.0. The van der Waals surface area contributed by atoms with Gasteiger partial charge in [0, 0.05) is 37.8 Å². The van der Waals surface area contributed by atoms with Gasteiger partial charge in [0.15, 0.2) is 0 Å². The number of carbonyl (C=O) groups excluding carboxylic acids is 1. The van der Waals surface area contributed by atoms with E-state index in [0.717, 1.165) is 51.3 Å². The van der Waals surface area contributed by atoms with Gasteiger partial charge in [0.2, 0.25) is 5.91 Å². The number of anilines is 1. The van der Waals surface area contributed by atoms with Crippen LogP contribution in [0.15, 0.2) is 24.3 Å². The van der Waals surface area contributed by atoms with Crippen molar-refractivity contribution in [3.63, 3.8) is 0 Å². The number of amides is 1. The van der Waals surface area contributed by atoms with E-state index in [0.29, 0.717) is 18.4 Å². The van der Waals surface area contributed by atoms with E-state index in [2.05, 4.69) is 41.4 Å². The number of amidine groups is 1. The molecule has 1 amide bonds. The van der Waals surface area contributed by atoms with Crippen LogP contribution in [0.25, 0.3) is 0 Å². The number of para-hydroxylation sites is 1. The van der Waals surface area contributed by atoms with Crippen LogP contribution in [0.1, 0.15) is 32.3 Å². The first kappa shape index (κ1) is 18.4. The molecule has 0 aliphatic carbocycles. The summed E-state index contributed by atoms with van der Waals surface area (Å²) in [4.78, 5) is 16.1. The van der Waals surface area contributed by atoms with Gasteiger partial charge in [0.25, 0.3) is 0 Å². The summed E-state index contributed by atoms with van der Waals surface area (Å²) in [6.45, 7) is 7.54. The molecule has 146 valence electrons. The molecule has 3 aliphatic heterocycles. The molecule has 0 bridgehead atoms. The number of hydrogen-bond donors (Lipinski definition) is 2. The Hall–Kier alpha value is -1.92. The Kier molecular flexibility index (Phi) is 4.95. The predicted molar refractivity (Wildman–Crippen MR) is 106 cm³/mol. The Balaban J connectivity index is 1.62. The third-order valence-corrected chi connectivity index (χ3v) is 6.42. The van der Waals surface area contributed by atoms with Crippen molar-refractivity contribution >= 4 is 17.4 Å². The molecule has 0 radical (unpaired) electrons. The summed E-state index contributed by atoms with van der Waals surface area (Å²) in [6.07, 6.45) is 2.98. The number of likely N-dealkylation sites (tertiary alicyclic amines) is 1. The van der Waals surface area contributed by atoms with Crippen LogP contribution >= 0.6 is 0 Å². The van der Waals surface area contributed by atoms with Gasteiger partial charge in [-0.1, -0.05) is 18.2 Å². The van der Waals surface area contributed by atoms with Crippen LogP contribution in [0.5, 0.6) is 0 Å². The van der Waals surface area contributed by atoms with E-state index >= 15 is 0 Å². The number of aryl methyl sites for hydroxylation is 1. The van der Waals surface area contributed by atoms with Crippen molar-refractivity contribution in [3.05, 3.63) is 29.8 Å². The molecule has 2 saturated heterocycles. The molecule has 3 heterocycles. The number of ether oxygens (including phenoxy) is 1. The molecular formula is C21H30N4O2. The summed E-state index contributed by atoms with van der Waals surface area (Å²) in [6, 6.07) is 8.77. The number of benzene rings is 1. The van der Waals surface area contributed by atoms with Crippen LogP contribution < -0.4 is 10.2 Å². The fourth-order valence-electron chi connectivity index (χ4n) is 4.66. The van der Waals surface area contributed by atoms with Gasteiger partial charge in [-0.15, -0.1) is 0 Å². The molecule has 0 aromatic heterocycles. The quantitative estimate of drug-likeness (QED) is 0.631. The number of piperidine rings is 1. The number of nitrogens with one attached hydrogen (secondary N) is 2. The molecule has 6 nitrogen and oxygen atoms in total. The normalized spacial score (nSPS) is 28.4. The lowest BCUT2D eigenvalue weighted by Crippen LogP contribution is -2.67. The summed E-state index contributed by atoms with van der Waals surface area (Å²) in [7, 11) is 0. The van der Waals surface area contributed by atoms with Gasteiger partial charge < -0.3 is 19.9 Å².